The molecule has 2 aliphatic heterocycles. The number of halogens is 3. The molecule has 3 rings (SSSR count). The number of thioether (sulfide) groups is 1. The average molecular weight is 302 g/mol. The lowest BCUT2D eigenvalue weighted by Gasteiger charge is -2.44. The fraction of sp³-hybridized carbons (Fsp3) is 0.600. The Bertz CT molecular complexity index is 488. The third-order valence-corrected chi connectivity index (χ3v) is 5.87. The number of rotatable bonds is 1. The number of hydrogen-bond donors (Lipinski definition) is 1. The molecule has 2 unspecified atom stereocenters. The summed E-state index contributed by atoms with van der Waals surface area (Å²) < 4.78 is 38.4. The molecule has 20 heavy (non-hydrogen) atoms. The summed E-state index contributed by atoms with van der Waals surface area (Å²) in [5, 5.41) is 11.6. The van der Waals surface area contributed by atoms with E-state index in [-0.39, 0.29) is 0 Å². The van der Waals surface area contributed by atoms with Crippen LogP contribution in [0.25, 0.3) is 0 Å². The Kier molecular flexibility index (Phi) is 3.53. The van der Waals surface area contributed by atoms with Gasteiger partial charge in [-0.3, -0.25) is 0 Å². The lowest BCUT2D eigenvalue weighted by Crippen LogP contribution is -2.40. The van der Waals surface area contributed by atoms with Crippen LogP contribution >= 0.6 is 11.8 Å². The predicted molar refractivity (Wildman–Crippen MR) is 73.6 cm³/mol. The average Bonchev–Trinajstić information content (AvgIpc) is 2.37. The molecule has 2 bridgehead atoms. The summed E-state index contributed by atoms with van der Waals surface area (Å²) in [7, 11) is 0. The van der Waals surface area contributed by atoms with Gasteiger partial charge in [-0.25, -0.2) is 0 Å². The van der Waals surface area contributed by atoms with Crippen LogP contribution in [0.5, 0.6) is 0 Å². The molecule has 0 saturated carbocycles. The van der Waals surface area contributed by atoms with Gasteiger partial charge in [0.2, 0.25) is 0 Å². The zero-order valence-corrected chi connectivity index (χ0v) is 11.8. The van der Waals surface area contributed by atoms with Gasteiger partial charge in [0.05, 0.1) is 11.2 Å². The van der Waals surface area contributed by atoms with Crippen molar-refractivity contribution in [2.24, 2.45) is 0 Å². The summed E-state index contributed by atoms with van der Waals surface area (Å²) in [5.41, 5.74) is -1.35. The van der Waals surface area contributed by atoms with Gasteiger partial charge in [-0.05, 0) is 43.4 Å². The van der Waals surface area contributed by atoms with Crippen molar-refractivity contribution in [1.29, 1.82) is 0 Å². The minimum atomic E-state index is -4.36. The second-order valence-electron chi connectivity index (χ2n) is 5.83. The van der Waals surface area contributed by atoms with E-state index in [1.807, 2.05) is 11.8 Å². The zero-order chi connectivity index (χ0) is 14.4. The van der Waals surface area contributed by atoms with Gasteiger partial charge in [0.1, 0.15) is 0 Å². The van der Waals surface area contributed by atoms with Crippen LogP contribution in [-0.4, -0.2) is 15.6 Å². The molecule has 2 aliphatic rings. The van der Waals surface area contributed by atoms with Gasteiger partial charge in [-0.1, -0.05) is 18.6 Å². The molecule has 0 radical (unpaired) electrons. The number of aliphatic hydroxyl groups is 1. The molecule has 2 heterocycles. The third kappa shape index (κ3) is 2.70. The molecule has 2 saturated heterocycles. The Balaban J connectivity index is 1.91. The Hall–Kier alpha value is -0.680. The smallest absolute Gasteiger partial charge is 0.385 e. The van der Waals surface area contributed by atoms with Gasteiger partial charge >= 0.3 is 6.18 Å². The van der Waals surface area contributed by atoms with E-state index in [0.29, 0.717) is 28.9 Å². The van der Waals surface area contributed by atoms with Gasteiger partial charge in [0.25, 0.3) is 0 Å². The summed E-state index contributed by atoms with van der Waals surface area (Å²) >= 11 is 1.90. The second kappa shape index (κ2) is 4.95. The van der Waals surface area contributed by atoms with Crippen LogP contribution in [0.2, 0.25) is 0 Å². The Morgan fingerprint density at radius 2 is 1.80 bits per heavy atom. The second-order valence-corrected chi connectivity index (χ2v) is 7.43. The number of alkyl halides is 3. The normalized spacial score (nSPS) is 34.0. The molecule has 1 N–H and O–H groups in total. The van der Waals surface area contributed by atoms with E-state index < -0.39 is 17.3 Å². The van der Waals surface area contributed by atoms with Gasteiger partial charge < -0.3 is 5.11 Å². The van der Waals surface area contributed by atoms with Crippen molar-refractivity contribution in [2.45, 2.75) is 54.4 Å². The Labute approximate surface area is 120 Å². The molecule has 5 heteroatoms. The summed E-state index contributed by atoms with van der Waals surface area (Å²) in [5.74, 6) is 0. The van der Waals surface area contributed by atoms with Crippen molar-refractivity contribution in [1.82, 2.24) is 0 Å². The third-order valence-electron chi connectivity index (χ3n) is 4.30. The summed E-state index contributed by atoms with van der Waals surface area (Å²) in [6.45, 7) is 0. The van der Waals surface area contributed by atoms with Gasteiger partial charge in [-0.2, -0.15) is 24.9 Å². The first kappa shape index (κ1) is 14.3. The topological polar surface area (TPSA) is 20.2 Å². The van der Waals surface area contributed by atoms with E-state index in [2.05, 4.69) is 0 Å². The van der Waals surface area contributed by atoms with Gasteiger partial charge in [0, 0.05) is 10.5 Å². The van der Waals surface area contributed by atoms with E-state index in [9.17, 15) is 18.3 Å². The highest BCUT2D eigenvalue weighted by molar-refractivity contribution is 8.00. The molecular weight excluding hydrogens is 285 g/mol. The minimum absolute atomic E-state index is 0.377. The summed E-state index contributed by atoms with van der Waals surface area (Å²) in [6.07, 6.45) is 0.0580. The maximum Gasteiger partial charge on any atom is 0.416 e. The Morgan fingerprint density at radius 3 is 2.40 bits per heavy atom. The van der Waals surface area contributed by atoms with Crippen LogP contribution < -0.4 is 0 Å². The number of hydrogen-bond acceptors (Lipinski definition) is 2. The molecule has 0 amide bonds. The molecule has 2 fully saturated rings. The number of benzene rings is 1. The van der Waals surface area contributed by atoms with Crippen LogP contribution in [-0.2, 0) is 11.8 Å². The molecule has 0 spiro atoms. The molecule has 2 atom stereocenters. The van der Waals surface area contributed by atoms with Crippen molar-refractivity contribution in [3.63, 3.8) is 0 Å². The lowest BCUT2D eigenvalue weighted by molar-refractivity contribution is -0.137. The van der Waals surface area contributed by atoms with Gasteiger partial charge in [0.15, 0.2) is 0 Å². The highest BCUT2D eigenvalue weighted by Crippen LogP contribution is 2.49. The molecule has 1 nitrogen and oxygen atoms in total. The lowest BCUT2D eigenvalue weighted by atomic mass is 9.80. The standard InChI is InChI=1S/C15H17F3OS/c16-15(17,18)11-4-1-3-10(7-11)14(19)8-12-5-2-6-13(9-14)20-12/h1,3-4,7,12-13,19H,2,5-6,8-9H2. The van der Waals surface area contributed by atoms with E-state index in [1.54, 1.807) is 6.07 Å². The quantitative estimate of drug-likeness (QED) is 0.832. The van der Waals surface area contributed by atoms with Crippen LogP contribution in [0.1, 0.15) is 43.2 Å². The summed E-state index contributed by atoms with van der Waals surface area (Å²) in [6, 6.07) is 5.20. The fourth-order valence-corrected chi connectivity index (χ4v) is 5.23. The maximum absolute atomic E-state index is 12.8. The predicted octanol–water partition coefficient (Wildman–Crippen LogP) is 4.34. The minimum Gasteiger partial charge on any atom is -0.385 e. The van der Waals surface area contributed by atoms with Crippen LogP contribution in [0.3, 0.4) is 0 Å². The maximum atomic E-state index is 12.8. The van der Waals surface area contributed by atoms with Crippen molar-refractivity contribution in [3.05, 3.63) is 35.4 Å². The fourth-order valence-electron chi connectivity index (χ4n) is 3.34. The Morgan fingerprint density at radius 1 is 1.15 bits per heavy atom. The van der Waals surface area contributed by atoms with Crippen molar-refractivity contribution in [2.75, 3.05) is 0 Å². The van der Waals surface area contributed by atoms with Gasteiger partial charge in [-0.15, -0.1) is 0 Å². The van der Waals surface area contributed by atoms with Crippen LogP contribution in [0.4, 0.5) is 13.2 Å². The first-order chi connectivity index (χ1) is 9.37. The summed E-state index contributed by atoms with van der Waals surface area (Å²) in [4.78, 5) is 0. The van der Waals surface area contributed by atoms with Crippen molar-refractivity contribution in [3.8, 4) is 0 Å². The first-order valence-electron chi connectivity index (χ1n) is 6.92. The first-order valence-corrected chi connectivity index (χ1v) is 7.87. The van der Waals surface area contributed by atoms with E-state index in [0.717, 1.165) is 25.0 Å². The van der Waals surface area contributed by atoms with Crippen molar-refractivity contribution >= 4 is 11.8 Å². The molecular formula is C15H17F3OS. The SMILES string of the molecule is OC1(c2cccc(C(F)(F)F)c2)CC2CCCC(C1)S2. The molecule has 1 aromatic rings. The highest BCUT2D eigenvalue weighted by atomic mass is 32.2. The molecule has 0 aromatic heterocycles. The zero-order valence-electron chi connectivity index (χ0n) is 11.0. The van der Waals surface area contributed by atoms with Crippen molar-refractivity contribution < 1.29 is 18.3 Å². The van der Waals surface area contributed by atoms with E-state index in [1.165, 1.54) is 12.5 Å². The van der Waals surface area contributed by atoms with Crippen LogP contribution in [0, 0.1) is 0 Å². The number of fused-ring (bicyclic) bond motifs is 2. The van der Waals surface area contributed by atoms with E-state index in [4.69, 9.17) is 0 Å². The molecule has 1 aromatic carbocycles. The largest absolute Gasteiger partial charge is 0.416 e. The molecule has 0 aliphatic carbocycles. The molecule has 110 valence electrons. The van der Waals surface area contributed by atoms with E-state index >= 15 is 0 Å². The highest BCUT2D eigenvalue weighted by Gasteiger charge is 2.43. The van der Waals surface area contributed by atoms with Crippen LogP contribution in [0.15, 0.2) is 24.3 Å². The monoisotopic (exact) mass is 302 g/mol.